The molecule has 114 valence electrons. The van der Waals surface area contributed by atoms with Crippen LogP contribution in [0.2, 0.25) is 0 Å². The highest BCUT2D eigenvalue weighted by molar-refractivity contribution is 5.83. The molecule has 1 aromatic heterocycles. The summed E-state index contributed by atoms with van der Waals surface area (Å²) < 4.78 is 0. The summed E-state index contributed by atoms with van der Waals surface area (Å²) in [6.07, 6.45) is 3.59. The zero-order valence-corrected chi connectivity index (χ0v) is 12.8. The van der Waals surface area contributed by atoms with Gasteiger partial charge in [-0.05, 0) is 30.2 Å². The third-order valence-electron chi connectivity index (χ3n) is 4.27. The van der Waals surface area contributed by atoms with Crippen LogP contribution in [0.25, 0.3) is 0 Å². The summed E-state index contributed by atoms with van der Waals surface area (Å²) in [7, 11) is 0. The van der Waals surface area contributed by atoms with Crippen molar-refractivity contribution in [3.63, 3.8) is 0 Å². The van der Waals surface area contributed by atoms with E-state index in [9.17, 15) is 4.79 Å². The molecule has 0 bridgehead atoms. The molecular formula is C18H21N3O. The minimum absolute atomic E-state index is 0.0996. The van der Waals surface area contributed by atoms with Crippen molar-refractivity contribution in [2.45, 2.75) is 18.9 Å². The van der Waals surface area contributed by atoms with E-state index in [1.165, 1.54) is 5.56 Å². The van der Waals surface area contributed by atoms with Gasteiger partial charge in [0.05, 0.1) is 12.0 Å². The van der Waals surface area contributed by atoms with Crippen molar-refractivity contribution in [3.8, 4) is 0 Å². The van der Waals surface area contributed by atoms with Crippen LogP contribution < -0.4 is 5.32 Å². The number of nitrogens with one attached hydrogen (secondary N) is 1. The number of amides is 1. The van der Waals surface area contributed by atoms with Crippen LogP contribution in [0, 0.1) is 0 Å². The molecule has 0 spiro atoms. The molecule has 4 heteroatoms. The number of piperazine rings is 1. The third-order valence-corrected chi connectivity index (χ3v) is 4.27. The van der Waals surface area contributed by atoms with E-state index in [0.717, 1.165) is 18.7 Å². The third kappa shape index (κ3) is 3.17. The SMILES string of the molecule is C[C@H](C(=O)N1CCN[C@@H](c2ccncc2)C1)c1ccccc1. The predicted molar refractivity (Wildman–Crippen MR) is 86.4 cm³/mol. The molecule has 22 heavy (non-hydrogen) atoms. The second-order valence-corrected chi connectivity index (χ2v) is 5.70. The molecule has 4 nitrogen and oxygen atoms in total. The second-order valence-electron chi connectivity index (χ2n) is 5.70. The van der Waals surface area contributed by atoms with E-state index in [1.54, 1.807) is 12.4 Å². The van der Waals surface area contributed by atoms with Crippen LogP contribution in [0.15, 0.2) is 54.9 Å². The summed E-state index contributed by atoms with van der Waals surface area (Å²) >= 11 is 0. The highest BCUT2D eigenvalue weighted by Gasteiger charge is 2.27. The van der Waals surface area contributed by atoms with Gasteiger partial charge in [0, 0.05) is 32.0 Å². The molecular weight excluding hydrogens is 274 g/mol. The predicted octanol–water partition coefficient (Wildman–Crippen LogP) is 2.36. The average molecular weight is 295 g/mol. The minimum Gasteiger partial charge on any atom is -0.339 e. The Bertz CT molecular complexity index is 615. The first-order valence-corrected chi connectivity index (χ1v) is 7.73. The summed E-state index contributed by atoms with van der Waals surface area (Å²) in [5.41, 5.74) is 2.26. The van der Waals surface area contributed by atoms with E-state index < -0.39 is 0 Å². The summed E-state index contributed by atoms with van der Waals surface area (Å²) in [5, 5.41) is 3.48. The highest BCUT2D eigenvalue weighted by Crippen LogP contribution is 2.22. The number of pyridine rings is 1. The number of nitrogens with zero attached hydrogens (tertiary/aromatic N) is 2. The molecule has 1 saturated heterocycles. The van der Waals surface area contributed by atoms with Gasteiger partial charge in [-0.1, -0.05) is 30.3 Å². The van der Waals surface area contributed by atoms with E-state index in [0.29, 0.717) is 6.54 Å². The zero-order chi connectivity index (χ0) is 15.4. The van der Waals surface area contributed by atoms with Gasteiger partial charge in [0.25, 0.3) is 0 Å². The monoisotopic (exact) mass is 295 g/mol. The summed E-state index contributed by atoms with van der Waals surface area (Å²) in [5.74, 6) is 0.101. The van der Waals surface area contributed by atoms with Gasteiger partial charge in [-0.15, -0.1) is 0 Å². The highest BCUT2D eigenvalue weighted by atomic mass is 16.2. The Labute approximate surface area is 131 Å². The molecule has 0 radical (unpaired) electrons. The van der Waals surface area contributed by atoms with E-state index in [4.69, 9.17) is 0 Å². The van der Waals surface area contributed by atoms with Crippen LogP contribution in [-0.4, -0.2) is 35.4 Å². The number of carbonyl (C=O) groups excluding carboxylic acids is 1. The minimum atomic E-state index is -0.0996. The molecule has 1 aromatic carbocycles. The van der Waals surface area contributed by atoms with Crippen LogP contribution in [0.1, 0.15) is 30.0 Å². The Kier molecular flexibility index (Phi) is 4.49. The topological polar surface area (TPSA) is 45.2 Å². The Balaban J connectivity index is 1.70. The molecule has 3 rings (SSSR count). The Morgan fingerprint density at radius 3 is 2.68 bits per heavy atom. The normalized spacial score (nSPS) is 19.7. The molecule has 2 atom stereocenters. The van der Waals surface area contributed by atoms with Crippen molar-refractivity contribution in [1.82, 2.24) is 15.2 Å². The van der Waals surface area contributed by atoms with Gasteiger partial charge in [-0.3, -0.25) is 9.78 Å². The molecule has 2 aromatic rings. The van der Waals surface area contributed by atoms with Crippen LogP contribution >= 0.6 is 0 Å². The first kappa shape index (κ1) is 14.7. The maximum Gasteiger partial charge on any atom is 0.229 e. The maximum absolute atomic E-state index is 12.8. The number of hydrogen-bond acceptors (Lipinski definition) is 3. The number of hydrogen-bond donors (Lipinski definition) is 1. The lowest BCUT2D eigenvalue weighted by Gasteiger charge is -2.35. The molecule has 1 aliphatic heterocycles. The van der Waals surface area contributed by atoms with E-state index in [2.05, 4.69) is 10.3 Å². The van der Waals surface area contributed by atoms with Gasteiger partial charge < -0.3 is 10.2 Å². The van der Waals surface area contributed by atoms with Crippen LogP contribution in [0.4, 0.5) is 0 Å². The largest absolute Gasteiger partial charge is 0.339 e. The van der Waals surface area contributed by atoms with Crippen molar-refractivity contribution in [3.05, 3.63) is 66.0 Å². The van der Waals surface area contributed by atoms with Crippen molar-refractivity contribution in [1.29, 1.82) is 0 Å². The van der Waals surface area contributed by atoms with Crippen molar-refractivity contribution >= 4 is 5.91 Å². The molecule has 1 N–H and O–H groups in total. The van der Waals surface area contributed by atoms with Crippen LogP contribution in [-0.2, 0) is 4.79 Å². The fourth-order valence-corrected chi connectivity index (χ4v) is 2.93. The van der Waals surface area contributed by atoms with Crippen LogP contribution in [0.5, 0.6) is 0 Å². The Hall–Kier alpha value is -2.20. The zero-order valence-electron chi connectivity index (χ0n) is 12.8. The Morgan fingerprint density at radius 1 is 1.23 bits per heavy atom. The fraction of sp³-hybridized carbons (Fsp3) is 0.333. The lowest BCUT2D eigenvalue weighted by atomic mass is 9.98. The van der Waals surface area contributed by atoms with Crippen molar-refractivity contribution in [2.75, 3.05) is 19.6 Å². The molecule has 0 saturated carbocycles. The van der Waals surface area contributed by atoms with E-state index in [1.807, 2.05) is 54.3 Å². The average Bonchev–Trinajstić information content (AvgIpc) is 2.62. The van der Waals surface area contributed by atoms with Crippen molar-refractivity contribution < 1.29 is 4.79 Å². The van der Waals surface area contributed by atoms with Gasteiger partial charge >= 0.3 is 0 Å². The van der Waals surface area contributed by atoms with Gasteiger partial charge in [0.15, 0.2) is 0 Å². The smallest absolute Gasteiger partial charge is 0.229 e. The van der Waals surface area contributed by atoms with E-state index in [-0.39, 0.29) is 17.9 Å². The lowest BCUT2D eigenvalue weighted by Crippen LogP contribution is -2.49. The number of aromatic nitrogens is 1. The van der Waals surface area contributed by atoms with Gasteiger partial charge in [0.1, 0.15) is 0 Å². The molecule has 2 heterocycles. The first-order valence-electron chi connectivity index (χ1n) is 7.73. The first-order chi connectivity index (χ1) is 10.8. The quantitative estimate of drug-likeness (QED) is 0.945. The standard InChI is InChI=1S/C18H21N3O/c1-14(15-5-3-2-4-6-15)18(22)21-12-11-20-17(13-21)16-7-9-19-10-8-16/h2-10,14,17,20H,11-13H2,1H3/t14-,17+/m0/s1. The number of rotatable bonds is 3. The van der Waals surface area contributed by atoms with Gasteiger partial charge in [0.2, 0.25) is 5.91 Å². The molecule has 1 amide bonds. The second kappa shape index (κ2) is 6.71. The van der Waals surface area contributed by atoms with E-state index >= 15 is 0 Å². The molecule has 1 fully saturated rings. The lowest BCUT2D eigenvalue weighted by molar-refractivity contribution is -0.133. The van der Waals surface area contributed by atoms with Crippen LogP contribution in [0.3, 0.4) is 0 Å². The molecule has 0 unspecified atom stereocenters. The van der Waals surface area contributed by atoms with Gasteiger partial charge in [-0.2, -0.15) is 0 Å². The molecule has 0 aliphatic carbocycles. The maximum atomic E-state index is 12.8. The van der Waals surface area contributed by atoms with Gasteiger partial charge in [-0.25, -0.2) is 0 Å². The summed E-state index contributed by atoms with van der Waals surface area (Å²) in [6.45, 7) is 4.28. The number of benzene rings is 1. The fourth-order valence-electron chi connectivity index (χ4n) is 2.93. The summed E-state index contributed by atoms with van der Waals surface area (Å²) in [4.78, 5) is 18.8. The molecule has 1 aliphatic rings. The summed E-state index contributed by atoms with van der Waals surface area (Å²) in [6, 6.07) is 14.2. The Morgan fingerprint density at radius 2 is 1.95 bits per heavy atom. The number of carbonyl (C=O) groups is 1. The van der Waals surface area contributed by atoms with Crippen molar-refractivity contribution in [2.24, 2.45) is 0 Å².